The highest BCUT2D eigenvalue weighted by molar-refractivity contribution is 7.99. The Labute approximate surface area is 137 Å². The Kier molecular flexibility index (Phi) is 7.06. The van der Waals surface area contributed by atoms with E-state index in [1.807, 2.05) is 30.8 Å². The Morgan fingerprint density at radius 3 is 2.91 bits per heavy atom. The van der Waals surface area contributed by atoms with E-state index in [0.29, 0.717) is 5.25 Å². The van der Waals surface area contributed by atoms with Crippen LogP contribution in [0.5, 0.6) is 0 Å². The summed E-state index contributed by atoms with van der Waals surface area (Å²) in [5, 5.41) is 6.51. The molecule has 1 aromatic rings. The maximum atomic E-state index is 11.9. The van der Waals surface area contributed by atoms with Crippen LogP contribution in [-0.2, 0) is 10.5 Å². The Bertz CT molecular complexity index is 475. The number of thioether (sulfide) groups is 1. The van der Waals surface area contributed by atoms with Crippen molar-refractivity contribution in [2.45, 2.75) is 50.2 Å². The lowest BCUT2D eigenvalue weighted by molar-refractivity contribution is 0.1000. The van der Waals surface area contributed by atoms with Crippen LogP contribution in [0.1, 0.15) is 38.7 Å². The second kappa shape index (κ2) is 9.06. The van der Waals surface area contributed by atoms with Crippen LogP contribution in [0.25, 0.3) is 0 Å². The third-order valence-corrected chi connectivity index (χ3v) is 5.27. The highest BCUT2D eigenvalue weighted by atomic mass is 32.2. The summed E-state index contributed by atoms with van der Waals surface area (Å²) in [5.41, 5.74) is 2.10. The largest absolute Gasteiger partial charge is 0.381 e. The fraction of sp³-hybridized carbons (Fsp3) is 0.588. The molecule has 0 aliphatic carbocycles. The van der Waals surface area contributed by atoms with Gasteiger partial charge in [0.25, 0.3) is 0 Å². The number of urea groups is 1. The highest BCUT2D eigenvalue weighted by Crippen LogP contribution is 2.26. The first kappa shape index (κ1) is 17.2. The number of hydrogen-bond acceptors (Lipinski definition) is 3. The van der Waals surface area contributed by atoms with Crippen molar-refractivity contribution < 1.29 is 9.53 Å². The van der Waals surface area contributed by atoms with Gasteiger partial charge >= 0.3 is 6.03 Å². The lowest BCUT2D eigenvalue weighted by Gasteiger charge is -2.21. The predicted octanol–water partition coefficient (Wildman–Crippen LogP) is 4.02. The molecule has 1 atom stereocenters. The number of nitrogens with one attached hydrogen (secondary N) is 2. The zero-order valence-electron chi connectivity index (χ0n) is 13.4. The predicted molar refractivity (Wildman–Crippen MR) is 93.5 cm³/mol. The molecule has 2 amide bonds. The molecule has 2 rings (SSSR count). The molecular weight excluding hydrogens is 296 g/mol. The summed E-state index contributed by atoms with van der Waals surface area (Å²) in [6.45, 7) is 5.82. The number of carbonyl (C=O) groups is 1. The van der Waals surface area contributed by atoms with Crippen molar-refractivity contribution in [3.05, 3.63) is 29.8 Å². The summed E-state index contributed by atoms with van der Waals surface area (Å²) < 4.78 is 5.39. The van der Waals surface area contributed by atoms with Crippen molar-refractivity contribution in [1.82, 2.24) is 5.32 Å². The maximum Gasteiger partial charge on any atom is 0.319 e. The molecule has 1 heterocycles. The number of amides is 2. The van der Waals surface area contributed by atoms with Gasteiger partial charge in [0.15, 0.2) is 0 Å². The number of hydrogen-bond donors (Lipinski definition) is 2. The fourth-order valence-corrected chi connectivity index (χ4v) is 3.42. The smallest absolute Gasteiger partial charge is 0.319 e. The first-order valence-corrected chi connectivity index (χ1v) is 9.08. The Morgan fingerprint density at radius 1 is 1.41 bits per heavy atom. The van der Waals surface area contributed by atoms with E-state index in [-0.39, 0.29) is 12.1 Å². The summed E-state index contributed by atoms with van der Waals surface area (Å²) in [7, 11) is 0. The van der Waals surface area contributed by atoms with E-state index in [1.165, 1.54) is 5.56 Å². The highest BCUT2D eigenvalue weighted by Gasteiger charge is 2.14. The maximum absolute atomic E-state index is 11.9. The van der Waals surface area contributed by atoms with Gasteiger partial charge in [0.2, 0.25) is 0 Å². The molecule has 0 spiro atoms. The van der Waals surface area contributed by atoms with E-state index in [4.69, 9.17) is 4.74 Å². The molecule has 122 valence electrons. The van der Waals surface area contributed by atoms with Crippen molar-refractivity contribution in [1.29, 1.82) is 0 Å². The molecule has 0 aromatic heterocycles. The summed E-state index contributed by atoms with van der Waals surface area (Å²) in [6, 6.07) is 8.15. The summed E-state index contributed by atoms with van der Waals surface area (Å²) >= 11 is 1.98. The van der Waals surface area contributed by atoms with Gasteiger partial charge < -0.3 is 15.4 Å². The van der Waals surface area contributed by atoms with Crippen molar-refractivity contribution in [2.75, 3.05) is 18.5 Å². The average molecular weight is 322 g/mol. The van der Waals surface area contributed by atoms with E-state index in [1.54, 1.807) is 0 Å². The van der Waals surface area contributed by atoms with Crippen molar-refractivity contribution in [2.24, 2.45) is 0 Å². The molecule has 2 N–H and O–H groups in total. The van der Waals surface area contributed by atoms with E-state index in [2.05, 4.69) is 29.7 Å². The van der Waals surface area contributed by atoms with Crippen LogP contribution in [0, 0.1) is 0 Å². The molecule has 1 fully saturated rings. The van der Waals surface area contributed by atoms with Crippen LogP contribution in [0.2, 0.25) is 0 Å². The molecule has 1 aliphatic heterocycles. The molecule has 0 bridgehead atoms. The van der Waals surface area contributed by atoms with Crippen LogP contribution in [0.3, 0.4) is 0 Å². The minimum Gasteiger partial charge on any atom is -0.381 e. The van der Waals surface area contributed by atoms with Crippen LogP contribution in [0.4, 0.5) is 10.5 Å². The molecule has 5 heteroatoms. The fourth-order valence-electron chi connectivity index (χ4n) is 2.29. The summed E-state index contributed by atoms with van der Waals surface area (Å²) in [6.07, 6.45) is 3.20. The molecule has 1 saturated heterocycles. The zero-order valence-corrected chi connectivity index (χ0v) is 14.2. The van der Waals surface area contributed by atoms with Gasteiger partial charge in [-0.3, -0.25) is 0 Å². The number of ether oxygens (including phenoxy) is 1. The Balaban J connectivity index is 1.82. The van der Waals surface area contributed by atoms with E-state index in [0.717, 1.165) is 43.9 Å². The minimum absolute atomic E-state index is 0.136. The Hall–Kier alpha value is -1.20. The van der Waals surface area contributed by atoms with Crippen LogP contribution < -0.4 is 10.6 Å². The molecule has 0 saturated carbocycles. The van der Waals surface area contributed by atoms with Gasteiger partial charge in [-0.05, 0) is 43.9 Å². The molecular formula is C17H26N2O2S. The SMILES string of the molecule is CCC(C)NC(=O)Nc1cccc(CSC2CCOCC2)c1. The van der Waals surface area contributed by atoms with Gasteiger partial charge in [-0.25, -0.2) is 4.79 Å². The van der Waals surface area contributed by atoms with Gasteiger partial charge in [-0.15, -0.1) is 0 Å². The van der Waals surface area contributed by atoms with Gasteiger partial charge in [0, 0.05) is 35.9 Å². The second-order valence-corrected chi connectivity index (χ2v) is 7.02. The minimum atomic E-state index is -0.136. The third kappa shape index (κ3) is 5.89. The number of anilines is 1. The van der Waals surface area contributed by atoms with Crippen LogP contribution in [-0.4, -0.2) is 30.5 Å². The normalized spacial score (nSPS) is 17.0. The molecule has 4 nitrogen and oxygen atoms in total. The standard InChI is InChI=1S/C17H26N2O2S/c1-3-13(2)18-17(20)19-15-6-4-5-14(11-15)12-22-16-7-9-21-10-8-16/h4-6,11,13,16H,3,7-10,12H2,1-2H3,(H2,18,19,20). The summed E-state index contributed by atoms with van der Waals surface area (Å²) in [5.74, 6) is 0.979. The van der Waals surface area contributed by atoms with E-state index < -0.39 is 0 Å². The van der Waals surface area contributed by atoms with Crippen LogP contribution in [0.15, 0.2) is 24.3 Å². The number of rotatable bonds is 6. The average Bonchev–Trinajstić information content (AvgIpc) is 2.54. The number of carbonyl (C=O) groups excluding carboxylic acids is 1. The zero-order chi connectivity index (χ0) is 15.8. The van der Waals surface area contributed by atoms with Gasteiger partial charge in [0.05, 0.1) is 0 Å². The quantitative estimate of drug-likeness (QED) is 0.831. The van der Waals surface area contributed by atoms with E-state index in [9.17, 15) is 4.79 Å². The van der Waals surface area contributed by atoms with Crippen molar-refractivity contribution in [3.63, 3.8) is 0 Å². The van der Waals surface area contributed by atoms with Gasteiger partial charge in [0.1, 0.15) is 0 Å². The first-order valence-electron chi connectivity index (χ1n) is 8.03. The van der Waals surface area contributed by atoms with Crippen LogP contribution >= 0.6 is 11.8 Å². The molecule has 1 aromatic carbocycles. The molecule has 1 aliphatic rings. The molecule has 0 radical (unpaired) electrons. The van der Waals surface area contributed by atoms with Crippen molar-refractivity contribution >= 4 is 23.5 Å². The number of benzene rings is 1. The summed E-state index contributed by atoms with van der Waals surface area (Å²) in [4.78, 5) is 11.9. The lowest BCUT2D eigenvalue weighted by Crippen LogP contribution is -2.35. The third-order valence-electron chi connectivity index (χ3n) is 3.83. The van der Waals surface area contributed by atoms with Gasteiger partial charge in [-0.1, -0.05) is 19.1 Å². The molecule has 1 unspecified atom stereocenters. The second-order valence-electron chi connectivity index (χ2n) is 5.73. The molecule has 22 heavy (non-hydrogen) atoms. The monoisotopic (exact) mass is 322 g/mol. The van der Waals surface area contributed by atoms with Gasteiger partial charge in [-0.2, -0.15) is 11.8 Å². The lowest BCUT2D eigenvalue weighted by atomic mass is 10.2. The Morgan fingerprint density at radius 2 is 2.18 bits per heavy atom. The topological polar surface area (TPSA) is 50.4 Å². The van der Waals surface area contributed by atoms with E-state index >= 15 is 0 Å². The first-order chi connectivity index (χ1) is 10.7. The van der Waals surface area contributed by atoms with Crippen molar-refractivity contribution in [3.8, 4) is 0 Å².